The summed E-state index contributed by atoms with van der Waals surface area (Å²) < 4.78 is 5.31. The quantitative estimate of drug-likeness (QED) is 0.795. The van der Waals surface area contributed by atoms with Crippen LogP contribution in [0.4, 0.5) is 5.69 Å². The fourth-order valence-corrected chi connectivity index (χ4v) is 1.73. The number of hydrogen-bond acceptors (Lipinski definition) is 3. The van der Waals surface area contributed by atoms with E-state index in [9.17, 15) is 0 Å². The molecule has 0 fully saturated rings. The maximum Gasteiger partial charge on any atom is 0.122 e. The first-order valence-electron chi connectivity index (χ1n) is 5.20. The molecule has 0 saturated carbocycles. The number of aryl methyl sites for hydroxylation is 1. The van der Waals surface area contributed by atoms with Gasteiger partial charge in [0.05, 0.1) is 7.11 Å². The lowest BCUT2D eigenvalue weighted by molar-refractivity contribution is 0.411. The Labute approximate surface area is 91.6 Å². The summed E-state index contributed by atoms with van der Waals surface area (Å²) in [6.07, 6.45) is 0. The predicted molar refractivity (Wildman–Crippen MR) is 64.7 cm³/mol. The molecule has 84 valence electrons. The Kier molecular flexibility index (Phi) is 3.97. The number of nitrogens with one attached hydrogen (secondary N) is 1. The van der Waals surface area contributed by atoms with E-state index >= 15 is 0 Å². The van der Waals surface area contributed by atoms with Crippen LogP contribution in [0.25, 0.3) is 0 Å². The Morgan fingerprint density at radius 2 is 1.93 bits per heavy atom. The Morgan fingerprint density at radius 3 is 2.47 bits per heavy atom. The molecule has 15 heavy (non-hydrogen) atoms. The second-order valence-corrected chi connectivity index (χ2v) is 3.74. The first kappa shape index (κ1) is 11.9. The fourth-order valence-electron chi connectivity index (χ4n) is 1.73. The van der Waals surface area contributed by atoms with Crippen molar-refractivity contribution in [3.63, 3.8) is 0 Å². The third-order valence-electron chi connectivity index (χ3n) is 2.72. The van der Waals surface area contributed by atoms with Gasteiger partial charge in [-0.05, 0) is 43.5 Å². The minimum Gasteiger partial charge on any atom is -0.496 e. The molecular weight excluding hydrogens is 188 g/mol. The predicted octanol–water partition coefficient (Wildman–Crippen LogP) is 1.99. The smallest absolute Gasteiger partial charge is 0.122 e. The van der Waals surface area contributed by atoms with Crippen LogP contribution < -0.4 is 15.8 Å². The van der Waals surface area contributed by atoms with E-state index in [1.54, 1.807) is 7.11 Å². The van der Waals surface area contributed by atoms with E-state index in [0.29, 0.717) is 6.54 Å². The number of benzene rings is 1. The molecule has 0 amide bonds. The monoisotopic (exact) mass is 208 g/mol. The second-order valence-electron chi connectivity index (χ2n) is 3.74. The summed E-state index contributed by atoms with van der Waals surface area (Å²) in [5.74, 6) is 0.947. The van der Waals surface area contributed by atoms with Crippen molar-refractivity contribution >= 4 is 5.69 Å². The van der Waals surface area contributed by atoms with Crippen LogP contribution in [0.5, 0.6) is 5.75 Å². The third-order valence-corrected chi connectivity index (χ3v) is 2.72. The molecule has 0 heterocycles. The molecule has 0 aliphatic rings. The van der Waals surface area contributed by atoms with Gasteiger partial charge in [0.2, 0.25) is 0 Å². The van der Waals surface area contributed by atoms with Gasteiger partial charge in [-0.25, -0.2) is 0 Å². The molecule has 1 aromatic rings. The Morgan fingerprint density at radius 1 is 1.27 bits per heavy atom. The van der Waals surface area contributed by atoms with Crippen LogP contribution in [0, 0.1) is 20.8 Å². The number of hydrogen-bond donors (Lipinski definition) is 2. The second kappa shape index (κ2) is 5.03. The zero-order valence-electron chi connectivity index (χ0n) is 9.98. The summed E-state index contributed by atoms with van der Waals surface area (Å²) in [7, 11) is 1.70. The topological polar surface area (TPSA) is 47.3 Å². The van der Waals surface area contributed by atoms with Crippen molar-refractivity contribution in [1.82, 2.24) is 0 Å². The first-order valence-corrected chi connectivity index (χ1v) is 5.20. The van der Waals surface area contributed by atoms with Crippen LogP contribution in [0.2, 0.25) is 0 Å². The van der Waals surface area contributed by atoms with Crippen molar-refractivity contribution in [2.45, 2.75) is 20.8 Å². The molecule has 0 aliphatic carbocycles. The van der Waals surface area contributed by atoms with Gasteiger partial charge in [-0.15, -0.1) is 0 Å². The van der Waals surface area contributed by atoms with Crippen molar-refractivity contribution in [3.05, 3.63) is 22.8 Å². The van der Waals surface area contributed by atoms with E-state index in [4.69, 9.17) is 10.5 Å². The van der Waals surface area contributed by atoms with Crippen molar-refractivity contribution < 1.29 is 4.74 Å². The molecule has 0 bridgehead atoms. The van der Waals surface area contributed by atoms with Gasteiger partial charge in [0.1, 0.15) is 5.75 Å². The molecular formula is C12H20N2O. The Balaban J connectivity index is 3.11. The molecule has 0 aromatic heterocycles. The zero-order chi connectivity index (χ0) is 11.4. The Bertz CT molecular complexity index is 348. The van der Waals surface area contributed by atoms with Gasteiger partial charge >= 0.3 is 0 Å². The van der Waals surface area contributed by atoms with Gasteiger partial charge in [-0.3, -0.25) is 0 Å². The maximum atomic E-state index is 5.48. The summed E-state index contributed by atoms with van der Waals surface area (Å²) in [5, 5.41) is 3.34. The number of rotatable bonds is 4. The van der Waals surface area contributed by atoms with E-state index in [2.05, 4.69) is 32.2 Å². The van der Waals surface area contributed by atoms with Gasteiger partial charge in [0.25, 0.3) is 0 Å². The molecule has 0 spiro atoms. The van der Waals surface area contributed by atoms with E-state index in [1.807, 2.05) is 0 Å². The van der Waals surface area contributed by atoms with Crippen LogP contribution in [0.3, 0.4) is 0 Å². The lowest BCUT2D eigenvalue weighted by atomic mass is 10.0. The molecule has 3 heteroatoms. The van der Waals surface area contributed by atoms with E-state index < -0.39 is 0 Å². The summed E-state index contributed by atoms with van der Waals surface area (Å²) >= 11 is 0. The molecule has 0 radical (unpaired) electrons. The normalized spacial score (nSPS) is 10.2. The average molecular weight is 208 g/mol. The summed E-state index contributed by atoms with van der Waals surface area (Å²) in [6, 6.07) is 2.06. The van der Waals surface area contributed by atoms with Gasteiger partial charge < -0.3 is 15.8 Å². The van der Waals surface area contributed by atoms with Gasteiger partial charge in [-0.1, -0.05) is 0 Å². The molecule has 0 atom stereocenters. The summed E-state index contributed by atoms with van der Waals surface area (Å²) in [6.45, 7) is 7.69. The van der Waals surface area contributed by atoms with E-state index in [1.165, 1.54) is 22.4 Å². The highest BCUT2D eigenvalue weighted by atomic mass is 16.5. The highest BCUT2D eigenvalue weighted by molar-refractivity contribution is 5.63. The van der Waals surface area contributed by atoms with Crippen molar-refractivity contribution in [3.8, 4) is 5.75 Å². The van der Waals surface area contributed by atoms with Crippen molar-refractivity contribution in [2.24, 2.45) is 5.73 Å². The van der Waals surface area contributed by atoms with Gasteiger partial charge in [0, 0.05) is 18.8 Å². The number of anilines is 1. The van der Waals surface area contributed by atoms with Gasteiger partial charge in [0.15, 0.2) is 0 Å². The zero-order valence-corrected chi connectivity index (χ0v) is 9.98. The third kappa shape index (κ3) is 2.42. The summed E-state index contributed by atoms with van der Waals surface area (Å²) in [5.41, 5.74) is 10.3. The van der Waals surface area contributed by atoms with Crippen LogP contribution in [-0.2, 0) is 0 Å². The average Bonchev–Trinajstić information content (AvgIpc) is 2.23. The van der Waals surface area contributed by atoms with Crippen LogP contribution in [-0.4, -0.2) is 20.2 Å². The fraction of sp³-hybridized carbons (Fsp3) is 0.500. The SMILES string of the molecule is COc1cc(C)c(NCCN)c(C)c1C. The lowest BCUT2D eigenvalue weighted by Gasteiger charge is -2.17. The maximum absolute atomic E-state index is 5.48. The van der Waals surface area contributed by atoms with Crippen LogP contribution in [0.15, 0.2) is 6.07 Å². The first-order chi connectivity index (χ1) is 7.11. The number of nitrogens with two attached hydrogens (primary N) is 1. The molecule has 0 unspecified atom stereocenters. The highest BCUT2D eigenvalue weighted by Crippen LogP contribution is 2.30. The summed E-state index contributed by atoms with van der Waals surface area (Å²) in [4.78, 5) is 0. The molecule has 3 nitrogen and oxygen atoms in total. The Hall–Kier alpha value is -1.22. The lowest BCUT2D eigenvalue weighted by Crippen LogP contribution is -2.15. The largest absolute Gasteiger partial charge is 0.496 e. The molecule has 0 aliphatic heterocycles. The van der Waals surface area contributed by atoms with E-state index in [-0.39, 0.29) is 0 Å². The minimum absolute atomic E-state index is 0.643. The van der Waals surface area contributed by atoms with Crippen LogP contribution >= 0.6 is 0 Å². The molecule has 0 saturated heterocycles. The van der Waals surface area contributed by atoms with Gasteiger partial charge in [-0.2, -0.15) is 0 Å². The molecule has 1 rings (SSSR count). The standard InChI is InChI=1S/C12H20N2O/c1-8-7-11(15-4)9(2)10(3)12(8)14-6-5-13/h7,14H,5-6,13H2,1-4H3. The number of methoxy groups -OCH3 is 1. The molecule has 3 N–H and O–H groups in total. The van der Waals surface area contributed by atoms with Crippen LogP contribution in [0.1, 0.15) is 16.7 Å². The van der Waals surface area contributed by atoms with Crippen molar-refractivity contribution in [1.29, 1.82) is 0 Å². The highest BCUT2D eigenvalue weighted by Gasteiger charge is 2.09. The van der Waals surface area contributed by atoms with Crippen molar-refractivity contribution in [2.75, 3.05) is 25.5 Å². The molecule has 1 aromatic carbocycles. The number of ether oxygens (including phenoxy) is 1. The minimum atomic E-state index is 0.643. The van der Waals surface area contributed by atoms with E-state index in [0.717, 1.165) is 12.3 Å².